The number of benzene rings is 2. The van der Waals surface area contributed by atoms with Crippen molar-refractivity contribution in [1.82, 2.24) is 20.6 Å². The molecule has 0 aliphatic heterocycles. The third-order valence-electron chi connectivity index (χ3n) is 7.21. The highest BCUT2D eigenvalue weighted by atomic mass is 35.5. The minimum atomic E-state index is -0.975. The standard InChI is InChI=1S/2C17H22N2O3.2ClH.H2O/c2*1-4-12(19-17(2,3)22)10-11-7-8-14(16(20)21)15-13(11)6-5-9-18-15;;;/h2*5-9,12,19,22H,4,10H2,1-3H3,(H,20,21);2*1H;1H2. The summed E-state index contributed by atoms with van der Waals surface area (Å²) in [7, 11) is 0. The molecule has 0 saturated carbocycles. The molecule has 0 fully saturated rings. The van der Waals surface area contributed by atoms with Gasteiger partial charge in [-0.1, -0.05) is 38.1 Å². The maximum atomic E-state index is 11.3. The Balaban J connectivity index is 0.000000846. The minimum absolute atomic E-state index is 0. The fourth-order valence-corrected chi connectivity index (χ4v) is 5.29. The van der Waals surface area contributed by atoms with Gasteiger partial charge < -0.3 is 25.9 Å². The van der Waals surface area contributed by atoms with E-state index in [9.17, 15) is 30.0 Å². The minimum Gasteiger partial charge on any atom is -0.478 e. The van der Waals surface area contributed by atoms with E-state index in [0.717, 1.165) is 34.7 Å². The lowest BCUT2D eigenvalue weighted by molar-refractivity contribution is 0.0296. The number of hydrogen-bond donors (Lipinski definition) is 6. The SMILES string of the molecule is CCC(Cc1ccc(C(=O)O)c2ncccc12)NC(C)(C)O.CCC(Cc1ccc(C(=O)O)c2ncccc12)NC(C)(C)O.Cl.Cl.O. The molecule has 13 heteroatoms. The summed E-state index contributed by atoms with van der Waals surface area (Å²) < 4.78 is 0. The van der Waals surface area contributed by atoms with Crippen LogP contribution in [0.15, 0.2) is 60.9 Å². The third-order valence-corrected chi connectivity index (χ3v) is 7.21. The molecule has 2 unspecified atom stereocenters. The summed E-state index contributed by atoms with van der Waals surface area (Å²) in [4.78, 5) is 31.1. The number of fused-ring (bicyclic) bond motifs is 2. The number of nitrogens with one attached hydrogen (secondary N) is 2. The van der Waals surface area contributed by atoms with Crippen LogP contribution < -0.4 is 10.6 Å². The summed E-state index contributed by atoms with van der Waals surface area (Å²) in [5.41, 5.74) is 1.58. The Hall–Kier alpha value is -3.42. The van der Waals surface area contributed by atoms with Crippen molar-refractivity contribution < 1.29 is 35.5 Å². The molecule has 4 rings (SSSR count). The smallest absolute Gasteiger partial charge is 0.337 e. The van der Waals surface area contributed by atoms with Crippen LogP contribution >= 0.6 is 24.8 Å². The molecule has 0 bridgehead atoms. The molecule has 0 spiro atoms. The van der Waals surface area contributed by atoms with E-state index < -0.39 is 23.4 Å². The van der Waals surface area contributed by atoms with Crippen LogP contribution in [0.3, 0.4) is 0 Å². The highest BCUT2D eigenvalue weighted by molar-refractivity contribution is 6.03. The summed E-state index contributed by atoms with van der Waals surface area (Å²) in [5.74, 6) is -1.95. The molecule has 0 saturated heterocycles. The molecule has 0 amide bonds. The maximum absolute atomic E-state index is 11.3. The fourth-order valence-electron chi connectivity index (χ4n) is 5.29. The number of nitrogens with zero attached hydrogens (tertiary/aromatic N) is 2. The largest absolute Gasteiger partial charge is 0.478 e. The summed E-state index contributed by atoms with van der Waals surface area (Å²) in [6, 6.07) is 14.5. The molecule has 260 valence electrons. The molecule has 0 aliphatic rings. The molecule has 2 aromatic carbocycles. The molecule has 8 N–H and O–H groups in total. The Morgan fingerprint density at radius 1 is 0.681 bits per heavy atom. The van der Waals surface area contributed by atoms with Gasteiger partial charge in [-0.15, -0.1) is 24.8 Å². The molecule has 47 heavy (non-hydrogen) atoms. The molecule has 2 heterocycles. The van der Waals surface area contributed by atoms with Gasteiger partial charge in [-0.3, -0.25) is 20.6 Å². The van der Waals surface area contributed by atoms with Gasteiger partial charge in [0.1, 0.15) is 11.4 Å². The normalized spacial score (nSPS) is 12.4. The Morgan fingerprint density at radius 2 is 1.02 bits per heavy atom. The van der Waals surface area contributed by atoms with Gasteiger partial charge in [-0.25, -0.2) is 9.59 Å². The monoisotopic (exact) mass is 694 g/mol. The topological polar surface area (TPSA) is 196 Å². The van der Waals surface area contributed by atoms with Crippen LogP contribution in [0.5, 0.6) is 0 Å². The first-order valence-electron chi connectivity index (χ1n) is 14.8. The first-order valence-corrected chi connectivity index (χ1v) is 14.8. The van der Waals surface area contributed by atoms with Crippen molar-refractivity contribution in [2.24, 2.45) is 0 Å². The van der Waals surface area contributed by atoms with E-state index in [-0.39, 0.29) is 53.5 Å². The number of pyridine rings is 2. The van der Waals surface area contributed by atoms with Crippen LogP contribution in [0.1, 0.15) is 86.2 Å². The number of carboxylic acids is 2. The third kappa shape index (κ3) is 12.6. The Kier molecular flexibility index (Phi) is 17.4. The summed E-state index contributed by atoms with van der Waals surface area (Å²) in [6.07, 6.45) is 6.31. The first kappa shape index (κ1) is 43.6. The van der Waals surface area contributed by atoms with Crippen LogP contribution in [0, 0.1) is 0 Å². The number of aromatic nitrogens is 2. The van der Waals surface area contributed by atoms with Gasteiger partial charge in [0.15, 0.2) is 0 Å². The number of aromatic carboxylic acids is 2. The van der Waals surface area contributed by atoms with Gasteiger partial charge in [0.05, 0.1) is 22.2 Å². The van der Waals surface area contributed by atoms with Gasteiger partial charge in [-0.2, -0.15) is 0 Å². The van der Waals surface area contributed by atoms with E-state index in [2.05, 4.69) is 34.4 Å². The van der Waals surface area contributed by atoms with Crippen molar-refractivity contribution in [2.45, 2.75) is 90.8 Å². The van der Waals surface area contributed by atoms with E-state index in [1.807, 2.05) is 36.4 Å². The predicted molar refractivity (Wildman–Crippen MR) is 190 cm³/mol. The summed E-state index contributed by atoms with van der Waals surface area (Å²) in [5, 5.41) is 46.4. The summed E-state index contributed by atoms with van der Waals surface area (Å²) in [6.45, 7) is 10.9. The highest BCUT2D eigenvalue weighted by Crippen LogP contribution is 2.24. The second-order valence-corrected chi connectivity index (χ2v) is 12.0. The lowest BCUT2D eigenvalue weighted by Gasteiger charge is -2.27. The quantitative estimate of drug-likeness (QED) is 0.108. The number of carboxylic acid groups (broad SMARTS) is 2. The van der Waals surface area contributed by atoms with Gasteiger partial charge in [0.25, 0.3) is 0 Å². The van der Waals surface area contributed by atoms with E-state index in [1.165, 1.54) is 0 Å². The maximum Gasteiger partial charge on any atom is 0.337 e. The lowest BCUT2D eigenvalue weighted by Crippen LogP contribution is -2.46. The molecule has 2 atom stereocenters. The van der Waals surface area contributed by atoms with E-state index >= 15 is 0 Å². The van der Waals surface area contributed by atoms with Gasteiger partial charge in [0.2, 0.25) is 0 Å². The number of halogens is 2. The van der Waals surface area contributed by atoms with Gasteiger partial charge in [0, 0.05) is 35.2 Å². The molecular weight excluding hydrogens is 647 g/mol. The number of carbonyl (C=O) groups is 2. The van der Waals surface area contributed by atoms with Crippen molar-refractivity contribution in [1.29, 1.82) is 0 Å². The second kappa shape index (κ2) is 18.8. The Bertz CT molecular complexity index is 1490. The van der Waals surface area contributed by atoms with Crippen molar-refractivity contribution in [3.8, 4) is 0 Å². The van der Waals surface area contributed by atoms with Crippen molar-refractivity contribution in [3.63, 3.8) is 0 Å². The molecule has 0 radical (unpaired) electrons. The zero-order chi connectivity index (χ0) is 32.7. The Labute approximate surface area is 288 Å². The predicted octanol–water partition coefficient (Wildman–Crippen LogP) is 5.16. The van der Waals surface area contributed by atoms with Crippen LogP contribution in [-0.2, 0) is 12.8 Å². The zero-order valence-corrected chi connectivity index (χ0v) is 29.2. The van der Waals surface area contributed by atoms with Crippen molar-refractivity contribution in [2.75, 3.05) is 0 Å². The number of hydrogen-bond acceptors (Lipinski definition) is 8. The average Bonchev–Trinajstić information content (AvgIpc) is 2.95. The van der Waals surface area contributed by atoms with Crippen LogP contribution in [-0.4, -0.2) is 71.3 Å². The molecule has 2 aromatic heterocycles. The van der Waals surface area contributed by atoms with Crippen LogP contribution in [0.4, 0.5) is 0 Å². The molecule has 0 aliphatic carbocycles. The van der Waals surface area contributed by atoms with Gasteiger partial charge in [-0.05, 0) is 88.8 Å². The van der Waals surface area contributed by atoms with E-state index in [0.29, 0.717) is 23.9 Å². The molecule has 4 aromatic rings. The van der Waals surface area contributed by atoms with Gasteiger partial charge >= 0.3 is 11.9 Å². The van der Waals surface area contributed by atoms with Crippen LogP contribution in [0.2, 0.25) is 0 Å². The number of rotatable bonds is 12. The molecular formula is C34H48Cl2N4O7. The average molecular weight is 696 g/mol. The Morgan fingerprint density at radius 3 is 1.30 bits per heavy atom. The lowest BCUT2D eigenvalue weighted by atomic mass is 9.96. The number of aliphatic hydroxyl groups is 2. The fraction of sp³-hybridized carbons (Fsp3) is 0.412. The first-order chi connectivity index (χ1) is 20.6. The van der Waals surface area contributed by atoms with Crippen molar-refractivity contribution >= 4 is 58.6 Å². The van der Waals surface area contributed by atoms with Crippen molar-refractivity contribution in [3.05, 3.63) is 83.2 Å². The van der Waals surface area contributed by atoms with E-state index in [1.54, 1.807) is 52.2 Å². The highest BCUT2D eigenvalue weighted by Gasteiger charge is 2.21. The molecule has 11 nitrogen and oxygen atoms in total. The summed E-state index contributed by atoms with van der Waals surface area (Å²) >= 11 is 0. The zero-order valence-electron chi connectivity index (χ0n) is 27.6. The second-order valence-electron chi connectivity index (χ2n) is 12.0. The van der Waals surface area contributed by atoms with E-state index in [4.69, 9.17) is 0 Å². The van der Waals surface area contributed by atoms with Crippen LogP contribution in [0.25, 0.3) is 21.8 Å².